The van der Waals surface area contributed by atoms with Crippen LogP contribution in [0.4, 0.5) is 4.79 Å². The van der Waals surface area contributed by atoms with Crippen molar-refractivity contribution in [1.82, 2.24) is 20.0 Å². The van der Waals surface area contributed by atoms with Gasteiger partial charge in [0, 0.05) is 31.4 Å². The smallest absolute Gasteiger partial charge is 0.335 e. The van der Waals surface area contributed by atoms with Gasteiger partial charge in [-0.1, -0.05) is 12.1 Å². The number of carbonyl (C=O) groups excluding carboxylic acids is 1. The molecule has 1 saturated heterocycles. The van der Waals surface area contributed by atoms with Crippen molar-refractivity contribution in [3.05, 3.63) is 52.3 Å². The summed E-state index contributed by atoms with van der Waals surface area (Å²) in [6.45, 7) is 5.70. The highest BCUT2D eigenvalue weighted by atomic mass is 16.5. The molecule has 0 spiro atoms. The molecule has 2 N–H and O–H groups in total. The van der Waals surface area contributed by atoms with E-state index in [9.17, 15) is 9.59 Å². The van der Waals surface area contributed by atoms with E-state index in [0.29, 0.717) is 26.3 Å². The molecule has 1 aliphatic rings. The number of hydrogen-bond donors (Lipinski definition) is 2. The van der Waals surface area contributed by atoms with Crippen LogP contribution in [0.3, 0.4) is 0 Å². The Hall–Kier alpha value is -2.87. The highest BCUT2D eigenvalue weighted by Crippen LogP contribution is 2.29. The molecule has 8 nitrogen and oxygen atoms in total. The molecule has 8 heteroatoms. The number of carboxylic acids is 1. The van der Waals surface area contributed by atoms with E-state index in [2.05, 4.69) is 10.4 Å². The lowest BCUT2D eigenvalue weighted by molar-refractivity contribution is 0.0111. The molecule has 1 aliphatic heterocycles. The number of carboxylic acid groups (broad SMARTS) is 1. The van der Waals surface area contributed by atoms with Crippen molar-refractivity contribution in [2.45, 2.75) is 26.4 Å². The van der Waals surface area contributed by atoms with Gasteiger partial charge in [-0.3, -0.25) is 4.68 Å². The first-order valence-electron chi connectivity index (χ1n) is 8.83. The van der Waals surface area contributed by atoms with Gasteiger partial charge in [0.1, 0.15) is 0 Å². The van der Waals surface area contributed by atoms with Crippen LogP contribution >= 0.6 is 0 Å². The Bertz CT molecular complexity index is 844. The molecule has 27 heavy (non-hydrogen) atoms. The fourth-order valence-corrected chi connectivity index (χ4v) is 3.40. The highest BCUT2D eigenvalue weighted by Gasteiger charge is 2.32. The minimum absolute atomic E-state index is 0.173. The summed E-state index contributed by atoms with van der Waals surface area (Å²) in [5.74, 6) is -0.969. The van der Waals surface area contributed by atoms with E-state index in [1.54, 1.807) is 17.0 Å². The van der Waals surface area contributed by atoms with E-state index in [1.807, 2.05) is 25.6 Å². The number of hydrogen-bond acceptors (Lipinski definition) is 4. The van der Waals surface area contributed by atoms with Gasteiger partial charge < -0.3 is 20.1 Å². The number of benzene rings is 1. The summed E-state index contributed by atoms with van der Waals surface area (Å²) in [5.41, 5.74) is 4.00. The molecule has 1 atom stereocenters. The van der Waals surface area contributed by atoms with Gasteiger partial charge in [-0.25, -0.2) is 9.59 Å². The molecule has 0 bridgehead atoms. The molecule has 1 unspecified atom stereocenters. The molecule has 1 aromatic carbocycles. The summed E-state index contributed by atoms with van der Waals surface area (Å²) < 4.78 is 7.44. The molecular formula is C19H24N4O4. The van der Waals surface area contributed by atoms with Crippen LogP contribution < -0.4 is 5.32 Å². The largest absolute Gasteiger partial charge is 0.478 e. The van der Waals surface area contributed by atoms with Crippen molar-refractivity contribution in [1.29, 1.82) is 0 Å². The lowest BCUT2D eigenvalue weighted by atomic mass is 10.0. The predicted octanol–water partition coefficient (Wildman–Crippen LogP) is 2.02. The minimum atomic E-state index is -0.969. The number of aromatic nitrogens is 2. The number of aromatic carboxylic acids is 1. The molecular weight excluding hydrogens is 348 g/mol. The van der Waals surface area contributed by atoms with Crippen molar-refractivity contribution >= 4 is 12.0 Å². The number of nitrogens with one attached hydrogen (secondary N) is 1. The average Bonchev–Trinajstić information content (AvgIpc) is 2.91. The maximum atomic E-state index is 12.8. The van der Waals surface area contributed by atoms with Crippen LogP contribution in [0.25, 0.3) is 0 Å². The van der Waals surface area contributed by atoms with Crippen LogP contribution in [0.5, 0.6) is 0 Å². The summed E-state index contributed by atoms with van der Waals surface area (Å²) in [4.78, 5) is 25.5. The number of nitrogens with zero attached hydrogens (tertiary/aromatic N) is 3. The summed E-state index contributed by atoms with van der Waals surface area (Å²) in [6, 6.07) is 6.12. The number of amides is 2. The highest BCUT2D eigenvalue weighted by molar-refractivity contribution is 5.87. The van der Waals surface area contributed by atoms with Crippen molar-refractivity contribution in [3.63, 3.8) is 0 Å². The molecule has 144 valence electrons. The predicted molar refractivity (Wildman–Crippen MR) is 98.6 cm³/mol. The van der Waals surface area contributed by atoms with E-state index in [1.165, 1.54) is 12.1 Å². The van der Waals surface area contributed by atoms with E-state index >= 15 is 0 Å². The SMILES string of the molecule is Cc1nn(C)c(C)c1C1COCCN1C(=O)NCc1ccc(C(=O)O)cc1. The normalized spacial score (nSPS) is 17.0. The molecule has 0 radical (unpaired) electrons. The van der Waals surface area contributed by atoms with Crippen LogP contribution in [-0.4, -0.2) is 51.5 Å². The number of morpholine rings is 1. The standard InChI is InChI=1S/C19H24N4O4/c1-12-17(13(2)22(3)21-12)16-11-27-9-8-23(16)19(26)20-10-14-4-6-15(7-5-14)18(24)25/h4-7,16H,8-11H2,1-3H3,(H,20,26)(H,24,25). The maximum Gasteiger partial charge on any atom is 0.335 e. The van der Waals surface area contributed by atoms with Crippen LogP contribution in [0.2, 0.25) is 0 Å². The maximum absolute atomic E-state index is 12.8. The molecule has 3 rings (SSSR count). The van der Waals surface area contributed by atoms with Gasteiger partial charge >= 0.3 is 12.0 Å². The zero-order valence-electron chi connectivity index (χ0n) is 15.7. The topological polar surface area (TPSA) is 96.7 Å². The molecule has 2 heterocycles. The molecule has 1 aromatic heterocycles. The van der Waals surface area contributed by atoms with Crippen LogP contribution in [0.15, 0.2) is 24.3 Å². The Kier molecular flexibility index (Phi) is 5.46. The second kappa shape index (κ2) is 7.79. The van der Waals surface area contributed by atoms with Gasteiger partial charge in [-0.05, 0) is 31.5 Å². The van der Waals surface area contributed by atoms with Crippen LogP contribution in [0.1, 0.15) is 38.9 Å². The third-order valence-corrected chi connectivity index (χ3v) is 4.93. The first kappa shape index (κ1) is 18.9. The third-order valence-electron chi connectivity index (χ3n) is 4.93. The molecule has 2 aromatic rings. The summed E-state index contributed by atoms with van der Waals surface area (Å²) in [7, 11) is 1.89. The van der Waals surface area contributed by atoms with Gasteiger partial charge in [0.2, 0.25) is 0 Å². The summed E-state index contributed by atoms with van der Waals surface area (Å²) >= 11 is 0. The zero-order valence-corrected chi connectivity index (χ0v) is 15.7. The van der Waals surface area contributed by atoms with Crippen molar-refractivity contribution in [2.75, 3.05) is 19.8 Å². The second-order valence-corrected chi connectivity index (χ2v) is 6.65. The Labute approximate surface area is 157 Å². The number of rotatable bonds is 4. The molecule has 0 aliphatic carbocycles. The number of carbonyl (C=O) groups is 2. The van der Waals surface area contributed by atoms with Gasteiger partial charge in [0.05, 0.1) is 30.5 Å². The number of urea groups is 1. The Morgan fingerprint density at radius 1 is 1.30 bits per heavy atom. The van der Waals surface area contributed by atoms with Crippen LogP contribution in [-0.2, 0) is 18.3 Å². The van der Waals surface area contributed by atoms with Crippen molar-refractivity contribution in [2.24, 2.45) is 7.05 Å². The lowest BCUT2D eigenvalue weighted by Crippen LogP contribution is -2.48. The van der Waals surface area contributed by atoms with E-state index in [-0.39, 0.29) is 17.6 Å². The van der Waals surface area contributed by atoms with Gasteiger partial charge in [0.25, 0.3) is 0 Å². The number of aryl methyl sites for hydroxylation is 2. The lowest BCUT2D eigenvalue weighted by Gasteiger charge is -2.36. The minimum Gasteiger partial charge on any atom is -0.478 e. The van der Waals surface area contributed by atoms with Crippen LogP contribution in [0, 0.1) is 13.8 Å². The van der Waals surface area contributed by atoms with Crippen molar-refractivity contribution < 1.29 is 19.4 Å². The Morgan fingerprint density at radius 3 is 2.59 bits per heavy atom. The van der Waals surface area contributed by atoms with Gasteiger partial charge in [-0.15, -0.1) is 0 Å². The van der Waals surface area contributed by atoms with E-state index in [4.69, 9.17) is 9.84 Å². The summed E-state index contributed by atoms with van der Waals surface area (Å²) in [6.07, 6.45) is 0. The second-order valence-electron chi connectivity index (χ2n) is 6.65. The summed E-state index contributed by atoms with van der Waals surface area (Å²) in [5, 5.41) is 16.3. The molecule has 2 amide bonds. The number of ether oxygens (including phenoxy) is 1. The average molecular weight is 372 g/mol. The zero-order chi connectivity index (χ0) is 19.6. The fraction of sp³-hybridized carbons (Fsp3) is 0.421. The first-order valence-corrected chi connectivity index (χ1v) is 8.83. The third kappa shape index (κ3) is 3.95. The molecule has 0 saturated carbocycles. The fourth-order valence-electron chi connectivity index (χ4n) is 3.40. The van der Waals surface area contributed by atoms with Gasteiger partial charge in [0.15, 0.2) is 0 Å². The molecule has 1 fully saturated rings. The van der Waals surface area contributed by atoms with Gasteiger partial charge in [-0.2, -0.15) is 5.10 Å². The van der Waals surface area contributed by atoms with Crippen molar-refractivity contribution in [3.8, 4) is 0 Å². The Balaban J connectivity index is 1.71. The Morgan fingerprint density at radius 2 is 2.00 bits per heavy atom. The monoisotopic (exact) mass is 372 g/mol. The van der Waals surface area contributed by atoms with E-state index < -0.39 is 5.97 Å². The first-order chi connectivity index (χ1) is 12.9. The quantitative estimate of drug-likeness (QED) is 0.856. The van der Waals surface area contributed by atoms with E-state index in [0.717, 1.165) is 22.5 Å².